The first-order valence-corrected chi connectivity index (χ1v) is 8.99. The van der Waals surface area contributed by atoms with Crippen molar-refractivity contribution in [2.75, 3.05) is 39.9 Å². The average Bonchev–Trinajstić information content (AvgIpc) is 2.67. The second kappa shape index (κ2) is 6.08. The summed E-state index contributed by atoms with van der Waals surface area (Å²) < 4.78 is 58.9. The highest BCUT2D eigenvalue weighted by Crippen LogP contribution is 2.30. The zero-order chi connectivity index (χ0) is 16.7. The Morgan fingerprint density at radius 1 is 1.26 bits per heavy atom. The van der Waals surface area contributed by atoms with Gasteiger partial charge in [0.1, 0.15) is 6.61 Å². The lowest BCUT2D eigenvalue weighted by atomic mass is 10.0. The first-order chi connectivity index (χ1) is 10.8. The number of alkyl halides is 2. The van der Waals surface area contributed by atoms with E-state index in [-0.39, 0.29) is 18.0 Å². The summed E-state index contributed by atoms with van der Waals surface area (Å²) in [4.78, 5) is 2.26. The number of sulfonamides is 1. The minimum absolute atomic E-state index is 0.0212. The van der Waals surface area contributed by atoms with Crippen LogP contribution in [0, 0.1) is 0 Å². The van der Waals surface area contributed by atoms with Gasteiger partial charge < -0.3 is 9.64 Å². The van der Waals surface area contributed by atoms with Gasteiger partial charge >= 0.3 is 0 Å². The molecule has 0 amide bonds. The molecule has 8 heteroatoms. The minimum atomic E-state index is -3.96. The number of hydrogen-bond donors (Lipinski definition) is 0. The molecule has 1 fully saturated rings. The van der Waals surface area contributed by atoms with E-state index in [1.807, 2.05) is 13.1 Å². The second-order valence-electron chi connectivity index (χ2n) is 6.13. The van der Waals surface area contributed by atoms with Crippen LogP contribution in [-0.4, -0.2) is 63.4 Å². The Kier molecular flexibility index (Phi) is 4.43. The van der Waals surface area contributed by atoms with Gasteiger partial charge in [0.2, 0.25) is 10.0 Å². The van der Waals surface area contributed by atoms with Crippen molar-refractivity contribution in [1.82, 2.24) is 9.21 Å². The van der Waals surface area contributed by atoms with Crippen molar-refractivity contribution in [1.29, 1.82) is 0 Å². The smallest absolute Gasteiger partial charge is 0.284 e. The molecule has 0 unspecified atom stereocenters. The fourth-order valence-corrected chi connectivity index (χ4v) is 4.82. The van der Waals surface area contributed by atoms with Gasteiger partial charge in [-0.1, -0.05) is 12.1 Å². The molecule has 2 aliphatic heterocycles. The molecule has 1 aromatic carbocycles. The molecular weight excluding hydrogens is 326 g/mol. The number of halogens is 2. The molecule has 0 spiro atoms. The zero-order valence-electron chi connectivity index (χ0n) is 13.0. The van der Waals surface area contributed by atoms with Gasteiger partial charge in [0.25, 0.3) is 5.92 Å². The predicted molar refractivity (Wildman–Crippen MR) is 81.0 cm³/mol. The van der Waals surface area contributed by atoms with E-state index in [0.717, 1.165) is 22.0 Å². The van der Waals surface area contributed by atoms with Crippen molar-refractivity contribution in [2.24, 2.45) is 0 Å². The van der Waals surface area contributed by atoms with Crippen LogP contribution in [0.3, 0.4) is 0 Å². The molecule has 0 aliphatic carbocycles. The maximum Gasteiger partial charge on any atom is 0.284 e. The van der Waals surface area contributed by atoms with Crippen molar-refractivity contribution in [2.45, 2.75) is 23.8 Å². The summed E-state index contributed by atoms with van der Waals surface area (Å²) in [6.07, 6.45) is 0.599. The largest absolute Gasteiger partial charge is 0.374 e. The molecule has 0 bridgehead atoms. The van der Waals surface area contributed by atoms with Crippen molar-refractivity contribution < 1.29 is 21.9 Å². The second-order valence-corrected chi connectivity index (χ2v) is 8.04. The molecule has 23 heavy (non-hydrogen) atoms. The summed E-state index contributed by atoms with van der Waals surface area (Å²) in [6.45, 7) is -0.236. The van der Waals surface area contributed by atoms with Gasteiger partial charge in [-0.05, 0) is 30.7 Å². The highest BCUT2D eigenvalue weighted by molar-refractivity contribution is 7.89. The van der Waals surface area contributed by atoms with Gasteiger partial charge in [-0.15, -0.1) is 0 Å². The van der Waals surface area contributed by atoms with Gasteiger partial charge in [-0.25, -0.2) is 17.2 Å². The monoisotopic (exact) mass is 346 g/mol. The standard InChI is InChI=1S/C15H20F2N2O3S/c1-18-6-5-13-12(9-18)3-2-4-14(13)23(20,21)19-7-8-22-11-15(16,17)10-19/h2-4H,5-11H2,1H3. The Hall–Kier alpha value is -1.09. The summed E-state index contributed by atoms with van der Waals surface area (Å²) >= 11 is 0. The van der Waals surface area contributed by atoms with E-state index in [2.05, 4.69) is 4.90 Å². The maximum absolute atomic E-state index is 13.7. The fraction of sp³-hybridized carbons (Fsp3) is 0.600. The third-order valence-electron chi connectivity index (χ3n) is 4.24. The van der Waals surface area contributed by atoms with E-state index in [4.69, 9.17) is 4.74 Å². The average molecular weight is 346 g/mol. The predicted octanol–water partition coefficient (Wildman–Crippen LogP) is 1.33. The highest BCUT2D eigenvalue weighted by Gasteiger charge is 2.40. The molecule has 5 nitrogen and oxygen atoms in total. The molecule has 128 valence electrons. The number of likely N-dealkylation sites (N-methyl/N-ethyl adjacent to an activating group) is 1. The van der Waals surface area contributed by atoms with Crippen LogP contribution in [0.1, 0.15) is 11.1 Å². The van der Waals surface area contributed by atoms with Crippen LogP contribution in [0.25, 0.3) is 0 Å². The Morgan fingerprint density at radius 3 is 2.83 bits per heavy atom. The van der Waals surface area contributed by atoms with Crippen LogP contribution in [0.4, 0.5) is 8.78 Å². The number of fused-ring (bicyclic) bond motifs is 1. The first-order valence-electron chi connectivity index (χ1n) is 7.55. The molecule has 1 aromatic rings. The van der Waals surface area contributed by atoms with E-state index >= 15 is 0 Å². The van der Waals surface area contributed by atoms with E-state index in [1.165, 1.54) is 6.07 Å². The molecule has 2 aliphatic rings. The summed E-state index contributed by atoms with van der Waals surface area (Å²) in [5.41, 5.74) is 1.69. The van der Waals surface area contributed by atoms with Crippen LogP contribution >= 0.6 is 0 Å². The molecule has 0 atom stereocenters. The molecule has 0 radical (unpaired) electrons. The lowest BCUT2D eigenvalue weighted by Crippen LogP contribution is -2.41. The van der Waals surface area contributed by atoms with Crippen LogP contribution in [0.15, 0.2) is 23.1 Å². The van der Waals surface area contributed by atoms with E-state index < -0.39 is 29.1 Å². The van der Waals surface area contributed by atoms with Gasteiger partial charge in [0, 0.05) is 19.6 Å². The van der Waals surface area contributed by atoms with Crippen molar-refractivity contribution >= 4 is 10.0 Å². The minimum Gasteiger partial charge on any atom is -0.374 e. The number of benzene rings is 1. The van der Waals surface area contributed by atoms with Gasteiger partial charge in [0.05, 0.1) is 18.0 Å². The fourth-order valence-electron chi connectivity index (χ4n) is 3.07. The Morgan fingerprint density at radius 2 is 2.04 bits per heavy atom. The lowest BCUT2D eigenvalue weighted by Gasteiger charge is -2.29. The van der Waals surface area contributed by atoms with Gasteiger partial charge in [-0.3, -0.25) is 0 Å². The van der Waals surface area contributed by atoms with Crippen LogP contribution in [-0.2, 0) is 27.7 Å². The molecule has 3 rings (SSSR count). The molecule has 1 saturated heterocycles. The highest BCUT2D eigenvalue weighted by atomic mass is 32.2. The summed E-state index contributed by atoms with van der Waals surface area (Å²) in [6, 6.07) is 5.09. The van der Waals surface area contributed by atoms with Crippen LogP contribution in [0.5, 0.6) is 0 Å². The number of hydrogen-bond acceptors (Lipinski definition) is 4. The molecule has 0 saturated carbocycles. The third-order valence-corrected chi connectivity index (χ3v) is 6.17. The Bertz CT molecular complexity index is 694. The van der Waals surface area contributed by atoms with Crippen LogP contribution in [0.2, 0.25) is 0 Å². The van der Waals surface area contributed by atoms with E-state index in [9.17, 15) is 17.2 Å². The van der Waals surface area contributed by atoms with Crippen molar-refractivity contribution in [3.63, 3.8) is 0 Å². The van der Waals surface area contributed by atoms with Gasteiger partial charge in [0.15, 0.2) is 0 Å². The molecule has 0 N–H and O–H groups in total. The zero-order valence-corrected chi connectivity index (χ0v) is 13.8. The third kappa shape index (κ3) is 3.40. The summed E-state index contributed by atoms with van der Waals surface area (Å²) in [7, 11) is -1.99. The maximum atomic E-state index is 13.7. The molecule has 2 heterocycles. The van der Waals surface area contributed by atoms with Crippen molar-refractivity contribution in [3.05, 3.63) is 29.3 Å². The van der Waals surface area contributed by atoms with Crippen molar-refractivity contribution in [3.8, 4) is 0 Å². The lowest BCUT2D eigenvalue weighted by molar-refractivity contribution is -0.0630. The first kappa shape index (κ1) is 16.8. The number of nitrogens with zero attached hydrogens (tertiary/aromatic N) is 2. The topological polar surface area (TPSA) is 49.9 Å². The SMILES string of the molecule is CN1CCc2c(cccc2S(=O)(=O)N2CCOCC(F)(F)C2)C1. The quantitative estimate of drug-likeness (QED) is 0.811. The number of ether oxygens (including phenoxy) is 1. The Balaban J connectivity index is 1.98. The van der Waals surface area contributed by atoms with Gasteiger partial charge in [-0.2, -0.15) is 4.31 Å². The summed E-state index contributed by atoms with van der Waals surface area (Å²) in [5.74, 6) is -3.17. The number of rotatable bonds is 2. The Labute approximate surface area is 134 Å². The van der Waals surface area contributed by atoms with E-state index in [1.54, 1.807) is 6.07 Å². The molecule has 0 aromatic heterocycles. The molecular formula is C15H20F2N2O3S. The van der Waals surface area contributed by atoms with E-state index in [0.29, 0.717) is 13.0 Å². The summed E-state index contributed by atoms with van der Waals surface area (Å²) in [5, 5.41) is 0. The normalized spacial score (nSPS) is 23.3. The van der Waals surface area contributed by atoms with Crippen LogP contribution < -0.4 is 0 Å².